The van der Waals surface area contributed by atoms with E-state index in [1.54, 1.807) is 6.07 Å². The third-order valence-electron chi connectivity index (χ3n) is 1.93. The first-order valence-electron chi connectivity index (χ1n) is 3.97. The van der Waals surface area contributed by atoms with Gasteiger partial charge in [-0.15, -0.1) is 12.4 Å². The molecule has 1 aromatic carbocycles. The fourth-order valence-electron chi connectivity index (χ4n) is 1.27. The van der Waals surface area contributed by atoms with Crippen LogP contribution in [0.15, 0.2) is 23.3 Å². The number of H-pyrrole nitrogens is 1. The van der Waals surface area contributed by atoms with Gasteiger partial charge in [-0.05, 0) is 0 Å². The van der Waals surface area contributed by atoms with Gasteiger partial charge in [0.25, 0.3) is 5.56 Å². The van der Waals surface area contributed by atoms with Gasteiger partial charge in [0.15, 0.2) is 0 Å². The Hall–Kier alpha value is -1.75. The van der Waals surface area contributed by atoms with Crippen molar-refractivity contribution in [1.29, 1.82) is 0 Å². The van der Waals surface area contributed by atoms with Crippen LogP contribution in [0.25, 0.3) is 10.9 Å². The number of hydrogen-bond acceptors (Lipinski definition) is 4. The van der Waals surface area contributed by atoms with E-state index in [9.17, 15) is 9.90 Å². The van der Waals surface area contributed by atoms with Crippen molar-refractivity contribution in [1.82, 2.24) is 9.97 Å². The summed E-state index contributed by atoms with van der Waals surface area (Å²) in [7, 11) is 1.48. The number of rotatable bonds is 1. The Kier molecular flexibility index (Phi) is 3.16. The van der Waals surface area contributed by atoms with E-state index in [2.05, 4.69) is 9.97 Å². The molecule has 0 atom stereocenters. The highest BCUT2D eigenvalue weighted by molar-refractivity contribution is 5.85. The molecule has 0 aliphatic rings. The molecule has 15 heavy (non-hydrogen) atoms. The van der Waals surface area contributed by atoms with E-state index in [1.807, 2.05) is 0 Å². The number of aromatic amines is 1. The number of nitrogens with zero attached hydrogens (tertiary/aromatic N) is 1. The van der Waals surface area contributed by atoms with Crippen molar-refractivity contribution in [2.24, 2.45) is 0 Å². The molecule has 0 fully saturated rings. The summed E-state index contributed by atoms with van der Waals surface area (Å²) in [6.45, 7) is 0. The lowest BCUT2D eigenvalue weighted by atomic mass is 10.2. The molecule has 2 aromatic rings. The fourth-order valence-corrected chi connectivity index (χ4v) is 1.27. The van der Waals surface area contributed by atoms with Gasteiger partial charge in [-0.2, -0.15) is 0 Å². The van der Waals surface area contributed by atoms with E-state index in [4.69, 9.17) is 4.74 Å². The van der Waals surface area contributed by atoms with Gasteiger partial charge in [0.2, 0.25) is 0 Å². The number of fused-ring (bicyclic) bond motifs is 1. The second-order valence-electron chi connectivity index (χ2n) is 2.77. The highest BCUT2D eigenvalue weighted by Gasteiger charge is 2.07. The van der Waals surface area contributed by atoms with Gasteiger partial charge in [0.1, 0.15) is 16.9 Å². The fraction of sp³-hybridized carbons (Fsp3) is 0.111. The number of phenolic OH excluding ortho intramolecular Hbond substituents is 1. The molecule has 5 nitrogen and oxygen atoms in total. The first-order valence-corrected chi connectivity index (χ1v) is 3.97. The quantitative estimate of drug-likeness (QED) is 0.765. The first kappa shape index (κ1) is 11.3. The molecule has 80 valence electrons. The molecule has 2 rings (SSSR count). The van der Waals surface area contributed by atoms with Crippen LogP contribution in [0.3, 0.4) is 0 Å². The van der Waals surface area contributed by atoms with Crippen molar-refractivity contribution >= 4 is 23.3 Å². The van der Waals surface area contributed by atoms with Crippen molar-refractivity contribution in [3.8, 4) is 11.5 Å². The van der Waals surface area contributed by atoms with Crippen molar-refractivity contribution in [3.05, 3.63) is 28.8 Å². The minimum Gasteiger partial charge on any atom is -0.507 e. The zero-order valence-corrected chi connectivity index (χ0v) is 8.67. The SMILES string of the molecule is COc1cc(O)c2c(=O)[nH]cnc2c1.Cl. The summed E-state index contributed by atoms with van der Waals surface area (Å²) in [5, 5.41) is 9.70. The van der Waals surface area contributed by atoms with E-state index in [-0.39, 0.29) is 29.1 Å². The van der Waals surface area contributed by atoms with Crippen LogP contribution in [0.4, 0.5) is 0 Å². The second kappa shape index (κ2) is 4.18. The number of halogens is 1. The number of aromatic nitrogens is 2. The number of benzene rings is 1. The average molecular weight is 229 g/mol. The van der Waals surface area contributed by atoms with Gasteiger partial charge >= 0.3 is 0 Å². The molecule has 0 radical (unpaired) electrons. The van der Waals surface area contributed by atoms with E-state index < -0.39 is 0 Å². The maximum atomic E-state index is 11.3. The topological polar surface area (TPSA) is 75.2 Å². The van der Waals surface area contributed by atoms with Gasteiger partial charge in [0, 0.05) is 12.1 Å². The Morgan fingerprint density at radius 2 is 2.20 bits per heavy atom. The van der Waals surface area contributed by atoms with E-state index in [1.165, 1.54) is 19.5 Å². The third kappa shape index (κ3) is 1.87. The summed E-state index contributed by atoms with van der Waals surface area (Å²) in [6.07, 6.45) is 1.28. The Labute approximate surface area is 91.1 Å². The monoisotopic (exact) mass is 228 g/mol. The summed E-state index contributed by atoms with van der Waals surface area (Å²) in [5.74, 6) is 0.335. The molecule has 0 unspecified atom stereocenters. The van der Waals surface area contributed by atoms with Gasteiger partial charge in [-0.1, -0.05) is 0 Å². The Morgan fingerprint density at radius 1 is 1.47 bits per heavy atom. The predicted octanol–water partition coefficient (Wildman–Crippen LogP) is 1.06. The predicted molar refractivity (Wildman–Crippen MR) is 57.8 cm³/mol. The standard InChI is InChI=1S/C9H8N2O3.ClH/c1-14-5-2-6-8(7(12)3-5)9(13)11-4-10-6;/h2-4,12H,1H3,(H,10,11,13);1H. The largest absolute Gasteiger partial charge is 0.507 e. The van der Waals surface area contributed by atoms with Crippen LogP contribution in [0.1, 0.15) is 0 Å². The van der Waals surface area contributed by atoms with Crippen molar-refractivity contribution < 1.29 is 9.84 Å². The maximum absolute atomic E-state index is 11.3. The molecular weight excluding hydrogens is 220 g/mol. The smallest absolute Gasteiger partial charge is 0.262 e. The van der Waals surface area contributed by atoms with Crippen molar-refractivity contribution in [3.63, 3.8) is 0 Å². The van der Waals surface area contributed by atoms with Crippen molar-refractivity contribution in [2.45, 2.75) is 0 Å². The average Bonchev–Trinajstić information content (AvgIpc) is 2.17. The van der Waals surface area contributed by atoms with Gasteiger partial charge in [-0.3, -0.25) is 4.79 Å². The first-order chi connectivity index (χ1) is 6.72. The summed E-state index contributed by atoms with van der Waals surface area (Å²) in [4.78, 5) is 17.6. The second-order valence-corrected chi connectivity index (χ2v) is 2.77. The number of hydrogen-bond donors (Lipinski definition) is 2. The van der Waals surface area contributed by atoms with Crippen LogP contribution in [0.2, 0.25) is 0 Å². The molecular formula is C9H9ClN2O3. The Balaban J connectivity index is 0.00000112. The number of methoxy groups -OCH3 is 1. The lowest BCUT2D eigenvalue weighted by Crippen LogP contribution is -2.06. The Bertz CT molecular complexity index is 538. The van der Waals surface area contributed by atoms with Gasteiger partial charge in [-0.25, -0.2) is 4.98 Å². The van der Waals surface area contributed by atoms with Crippen LogP contribution >= 0.6 is 12.4 Å². The molecule has 6 heteroatoms. The lowest BCUT2D eigenvalue weighted by molar-refractivity contribution is 0.409. The molecule has 0 saturated heterocycles. The lowest BCUT2D eigenvalue weighted by Gasteiger charge is -2.02. The van der Waals surface area contributed by atoms with Gasteiger partial charge in [0.05, 0.1) is 19.0 Å². The van der Waals surface area contributed by atoms with E-state index >= 15 is 0 Å². The summed E-state index contributed by atoms with van der Waals surface area (Å²) >= 11 is 0. The molecule has 0 amide bonds. The highest BCUT2D eigenvalue weighted by Crippen LogP contribution is 2.25. The van der Waals surface area contributed by atoms with Crippen molar-refractivity contribution in [2.75, 3.05) is 7.11 Å². The maximum Gasteiger partial charge on any atom is 0.262 e. The highest BCUT2D eigenvalue weighted by atomic mass is 35.5. The van der Waals surface area contributed by atoms with Crippen LogP contribution < -0.4 is 10.3 Å². The molecule has 0 bridgehead atoms. The number of aromatic hydroxyl groups is 1. The zero-order valence-electron chi connectivity index (χ0n) is 7.85. The summed E-state index contributed by atoms with van der Waals surface area (Å²) in [5.41, 5.74) is 0.0424. The van der Waals surface area contributed by atoms with Crippen LogP contribution in [-0.4, -0.2) is 22.2 Å². The summed E-state index contributed by atoms with van der Waals surface area (Å²) in [6, 6.07) is 2.96. The molecule has 0 aliphatic heterocycles. The van der Waals surface area contributed by atoms with Gasteiger partial charge < -0.3 is 14.8 Å². The molecule has 0 saturated carbocycles. The Morgan fingerprint density at radius 3 is 2.87 bits per heavy atom. The van der Waals surface area contributed by atoms with Crippen LogP contribution in [-0.2, 0) is 0 Å². The normalized spacial score (nSPS) is 9.67. The third-order valence-corrected chi connectivity index (χ3v) is 1.93. The van der Waals surface area contributed by atoms with E-state index in [0.29, 0.717) is 11.3 Å². The molecule has 0 aliphatic carbocycles. The number of phenols is 1. The molecule has 1 heterocycles. The molecule has 1 aromatic heterocycles. The summed E-state index contributed by atoms with van der Waals surface area (Å²) < 4.78 is 4.93. The zero-order chi connectivity index (χ0) is 10.1. The minimum absolute atomic E-state index is 0. The minimum atomic E-state index is -0.366. The number of ether oxygens (including phenoxy) is 1. The van der Waals surface area contributed by atoms with E-state index in [0.717, 1.165) is 0 Å². The number of nitrogens with one attached hydrogen (secondary N) is 1. The molecule has 2 N–H and O–H groups in total. The molecule has 0 spiro atoms. The van der Waals surface area contributed by atoms with Crippen LogP contribution in [0.5, 0.6) is 11.5 Å². The van der Waals surface area contributed by atoms with Crippen LogP contribution in [0, 0.1) is 0 Å².